The molecule has 0 radical (unpaired) electrons. The SMILES string of the molecule is Cc1ccc(N2C(=O)C(=O)C(C(=O)c3ccccc3)=C2c2ccccc2)cc1. The van der Waals surface area contributed by atoms with Crippen LogP contribution in [0.25, 0.3) is 5.70 Å². The summed E-state index contributed by atoms with van der Waals surface area (Å²) in [4.78, 5) is 40.3. The summed E-state index contributed by atoms with van der Waals surface area (Å²) in [5.41, 5.74) is 2.84. The van der Waals surface area contributed by atoms with E-state index in [0.717, 1.165) is 5.56 Å². The van der Waals surface area contributed by atoms with E-state index in [0.29, 0.717) is 22.5 Å². The maximum Gasteiger partial charge on any atom is 0.304 e. The molecule has 0 fully saturated rings. The fourth-order valence-electron chi connectivity index (χ4n) is 3.28. The molecule has 0 atom stereocenters. The van der Waals surface area contributed by atoms with Gasteiger partial charge in [0.2, 0.25) is 0 Å². The summed E-state index contributed by atoms with van der Waals surface area (Å²) in [6.07, 6.45) is 0. The summed E-state index contributed by atoms with van der Waals surface area (Å²) >= 11 is 0. The number of benzene rings is 3. The van der Waals surface area contributed by atoms with Crippen molar-refractivity contribution in [3.05, 3.63) is 107 Å². The smallest absolute Gasteiger partial charge is 0.288 e. The maximum atomic E-state index is 13.2. The van der Waals surface area contributed by atoms with Crippen molar-refractivity contribution in [2.24, 2.45) is 0 Å². The van der Waals surface area contributed by atoms with Crippen LogP contribution in [0.2, 0.25) is 0 Å². The molecule has 0 unspecified atom stereocenters. The molecule has 4 rings (SSSR count). The van der Waals surface area contributed by atoms with E-state index >= 15 is 0 Å². The molecule has 136 valence electrons. The van der Waals surface area contributed by atoms with Gasteiger partial charge in [-0.1, -0.05) is 78.4 Å². The lowest BCUT2D eigenvalue weighted by atomic mass is 9.97. The second-order valence-electron chi connectivity index (χ2n) is 6.59. The predicted octanol–water partition coefficient (Wildman–Crippen LogP) is 4.20. The van der Waals surface area contributed by atoms with Crippen molar-refractivity contribution in [3.8, 4) is 0 Å². The van der Waals surface area contributed by atoms with Crippen molar-refractivity contribution in [1.29, 1.82) is 0 Å². The first kappa shape index (κ1) is 17.6. The first-order chi connectivity index (χ1) is 13.6. The number of amides is 1. The Morgan fingerprint density at radius 1 is 0.750 bits per heavy atom. The van der Waals surface area contributed by atoms with Gasteiger partial charge in [0.1, 0.15) is 5.57 Å². The highest BCUT2D eigenvalue weighted by Gasteiger charge is 2.43. The summed E-state index contributed by atoms with van der Waals surface area (Å²) in [5.74, 6) is -1.96. The molecule has 1 amide bonds. The number of carbonyl (C=O) groups is 3. The molecular formula is C24H17NO3. The third-order valence-corrected chi connectivity index (χ3v) is 4.69. The van der Waals surface area contributed by atoms with Crippen LogP contribution in [0.3, 0.4) is 0 Å². The van der Waals surface area contributed by atoms with Gasteiger partial charge >= 0.3 is 5.91 Å². The molecule has 4 heteroatoms. The molecule has 0 bridgehead atoms. The minimum absolute atomic E-state index is 0.0945. The van der Waals surface area contributed by atoms with Crippen LogP contribution < -0.4 is 4.90 Å². The molecule has 1 aliphatic rings. The van der Waals surface area contributed by atoms with Crippen molar-refractivity contribution in [1.82, 2.24) is 0 Å². The van der Waals surface area contributed by atoms with Gasteiger partial charge in [-0.3, -0.25) is 19.3 Å². The summed E-state index contributed by atoms with van der Waals surface area (Å²) in [6, 6.07) is 24.9. The lowest BCUT2D eigenvalue weighted by Crippen LogP contribution is -2.28. The summed E-state index contributed by atoms with van der Waals surface area (Å²) in [7, 11) is 0. The highest BCUT2D eigenvalue weighted by atomic mass is 16.2. The lowest BCUT2D eigenvalue weighted by Gasteiger charge is -2.20. The molecule has 0 spiro atoms. The van der Waals surface area contributed by atoms with E-state index in [1.165, 1.54) is 4.90 Å². The van der Waals surface area contributed by atoms with E-state index in [1.54, 1.807) is 54.6 Å². The monoisotopic (exact) mass is 367 g/mol. The topological polar surface area (TPSA) is 54.5 Å². The molecular weight excluding hydrogens is 350 g/mol. The number of rotatable bonds is 4. The quantitative estimate of drug-likeness (QED) is 0.394. The van der Waals surface area contributed by atoms with Crippen molar-refractivity contribution in [3.63, 3.8) is 0 Å². The number of anilines is 1. The molecule has 1 aliphatic heterocycles. The standard InChI is InChI=1S/C24H17NO3/c1-16-12-14-19(15-13-16)25-21(17-8-4-2-5-9-17)20(23(27)24(25)28)22(26)18-10-6-3-7-11-18/h2-15H,1H3. The zero-order valence-electron chi connectivity index (χ0n) is 15.3. The number of Topliss-reactive ketones (excluding diaryl/α,β-unsaturated/α-hetero) is 2. The molecule has 0 saturated heterocycles. The second-order valence-corrected chi connectivity index (χ2v) is 6.59. The summed E-state index contributed by atoms with van der Waals surface area (Å²) < 4.78 is 0. The van der Waals surface area contributed by atoms with Gasteiger partial charge in [0.05, 0.1) is 5.70 Å². The Kier molecular flexibility index (Phi) is 4.45. The average molecular weight is 367 g/mol. The van der Waals surface area contributed by atoms with E-state index in [1.807, 2.05) is 37.3 Å². The van der Waals surface area contributed by atoms with Gasteiger partial charge in [-0.05, 0) is 24.6 Å². The van der Waals surface area contributed by atoms with Crippen LogP contribution in [0.4, 0.5) is 5.69 Å². The number of hydrogen-bond donors (Lipinski definition) is 0. The van der Waals surface area contributed by atoms with Gasteiger partial charge in [-0.2, -0.15) is 0 Å². The Morgan fingerprint density at radius 2 is 1.32 bits per heavy atom. The Morgan fingerprint density at radius 3 is 1.93 bits per heavy atom. The minimum Gasteiger partial charge on any atom is -0.288 e. The van der Waals surface area contributed by atoms with E-state index in [4.69, 9.17) is 0 Å². The van der Waals surface area contributed by atoms with Crippen molar-refractivity contribution in [2.45, 2.75) is 6.92 Å². The van der Waals surface area contributed by atoms with Crippen LogP contribution in [0, 0.1) is 6.92 Å². The molecule has 1 heterocycles. The largest absolute Gasteiger partial charge is 0.304 e. The van der Waals surface area contributed by atoms with Crippen LogP contribution in [0.15, 0.2) is 90.5 Å². The van der Waals surface area contributed by atoms with Gasteiger partial charge < -0.3 is 0 Å². The maximum absolute atomic E-state index is 13.2. The van der Waals surface area contributed by atoms with Gasteiger partial charge in [0.25, 0.3) is 5.78 Å². The van der Waals surface area contributed by atoms with Gasteiger partial charge in [0.15, 0.2) is 5.78 Å². The fraction of sp³-hybridized carbons (Fsp3) is 0.0417. The molecule has 3 aromatic carbocycles. The van der Waals surface area contributed by atoms with Gasteiger partial charge in [0, 0.05) is 11.3 Å². The van der Waals surface area contributed by atoms with Crippen LogP contribution in [-0.4, -0.2) is 17.5 Å². The molecule has 0 aromatic heterocycles. The highest BCUT2D eigenvalue weighted by molar-refractivity contribution is 6.61. The van der Waals surface area contributed by atoms with Crippen molar-refractivity contribution >= 4 is 28.9 Å². The Bertz CT molecular complexity index is 1100. The molecule has 3 aromatic rings. The van der Waals surface area contributed by atoms with E-state index < -0.39 is 17.5 Å². The van der Waals surface area contributed by atoms with Crippen LogP contribution >= 0.6 is 0 Å². The second kappa shape index (κ2) is 7.08. The third-order valence-electron chi connectivity index (χ3n) is 4.69. The lowest BCUT2D eigenvalue weighted by molar-refractivity contribution is -0.132. The zero-order chi connectivity index (χ0) is 19.7. The van der Waals surface area contributed by atoms with Crippen molar-refractivity contribution in [2.75, 3.05) is 4.90 Å². The summed E-state index contributed by atoms with van der Waals surface area (Å²) in [5, 5.41) is 0. The fourth-order valence-corrected chi connectivity index (χ4v) is 3.28. The molecule has 4 nitrogen and oxygen atoms in total. The molecule has 0 aliphatic carbocycles. The Labute approximate surface area is 162 Å². The van der Waals surface area contributed by atoms with Crippen LogP contribution in [-0.2, 0) is 9.59 Å². The number of nitrogens with zero attached hydrogens (tertiary/aromatic N) is 1. The third kappa shape index (κ3) is 2.95. The van der Waals surface area contributed by atoms with E-state index in [9.17, 15) is 14.4 Å². The first-order valence-electron chi connectivity index (χ1n) is 8.93. The van der Waals surface area contributed by atoms with E-state index in [-0.39, 0.29) is 5.57 Å². The predicted molar refractivity (Wildman–Crippen MR) is 108 cm³/mol. The first-order valence-corrected chi connectivity index (χ1v) is 8.93. The average Bonchev–Trinajstić information content (AvgIpc) is 3.00. The number of aryl methyl sites for hydroxylation is 1. The van der Waals surface area contributed by atoms with Gasteiger partial charge in [-0.15, -0.1) is 0 Å². The van der Waals surface area contributed by atoms with E-state index in [2.05, 4.69) is 0 Å². The van der Waals surface area contributed by atoms with Gasteiger partial charge in [-0.25, -0.2) is 0 Å². The Hall–Kier alpha value is -3.79. The van der Waals surface area contributed by atoms with Crippen LogP contribution in [0.1, 0.15) is 21.5 Å². The summed E-state index contributed by atoms with van der Waals surface area (Å²) in [6.45, 7) is 1.94. The molecule has 0 saturated carbocycles. The molecule has 0 N–H and O–H groups in total. The highest BCUT2D eigenvalue weighted by Crippen LogP contribution is 2.36. The zero-order valence-corrected chi connectivity index (χ0v) is 15.3. The number of hydrogen-bond acceptors (Lipinski definition) is 3. The molecule has 28 heavy (non-hydrogen) atoms. The number of ketones is 2. The number of carbonyl (C=O) groups excluding carboxylic acids is 3. The Balaban J connectivity index is 1.95. The minimum atomic E-state index is -0.784. The van der Waals surface area contributed by atoms with Crippen LogP contribution in [0.5, 0.6) is 0 Å². The van der Waals surface area contributed by atoms with Crippen molar-refractivity contribution < 1.29 is 14.4 Å². The normalized spacial score (nSPS) is 14.0.